The molecule has 2 aromatic carbocycles. The number of rotatable bonds is 4. The molecule has 2 unspecified atom stereocenters. The first-order valence-electron chi connectivity index (χ1n) is 9.20. The number of amides is 1. The molecule has 2 aliphatic heterocycles. The summed E-state index contributed by atoms with van der Waals surface area (Å²) < 4.78 is 18.9. The van der Waals surface area contributed by atoms with Crippen molar-refractivity contribution in [2.45, 2.75) is 38.0 Å². The quantitative estimate of drug-likeness (QED) is 0.863. The number of fused-ring (bicyclic) bond motifs is 2. The summed E-state index contributed by atoms with van der Waals surface area (Å²) >= 11 is 0. The van der Waals surface area contributed by atoms with Crippen LogP contribution in [0.25, 0.3) is 0 Å². The Hall–Kier alpha value is -2.11. The maximum absolute atomic E-state index is 13.1. The monoisotopic (exact) mass is 390 g/mol. The SMILES string of the molecule is Cl.O=C(c1ccccc1OCc1ccc(F)cc1)N1CCC2CCC(C1)N2. The molecule has 1 amide bonds. The number of nitrogens with one attached hydrogen (secondary N) is 1. The van der Waals surface area contributed by atoms with Crippen molar-refractivity contribution < 1.29 is 13.9 Å². The fourth-order valence-corrected chi connectivity index (χ4v) is 3.81. The Morgan fingerprint density at radius 1 is 1.07 bits per heavy atom. The van der Waals surface area contributed by atoms with Crippen LogP contribution in [0.15, 0.2) is 48.5 Å². The summed E-state index contributed by atoms with van der Waals surface area (Å²) in [6.45, 7) is 1.83. The number of halogens is 2. The number of hydrogen-bond acceptors (Lipinski definition) is 3. The summed E-state index contributed by atoms with van der Waals surface area (Å²) in [7, 11) is 0. The van der Waals surface area contributed by atoms with E-state index in [0.717, 1.165) is 31.5 Å². The van der Waals surface area contributed by atoms with Gasteiger partial charge in [-0.15, -0.1) is 12.4 Å². The highest BCUT2D eigenvalue weighted by atomic mass is 35.5. The lowest BCUT2D eigenvalue weighted by Crippen LogP contribution is -2.39. The van der Waals surface area contributed by atoms with Gasteiger partial charge in [-0.1, -0.05) is 24.3 Å². The van der Waals surface area contributed by atoms with E-state index in [0.29, 0.717) is 30.0 Å². The molecule has 1 N–H and O–H groups in total. The fraction of sp³-hybridized carbons (Fsp3) is 0.381. The van der Waals surface area contributed by atoms with Crippen molar-refractivity contribution in [2.24, 2.45) is 0 Å². The minimum Gasteiger partial charge on any atom is -0.488 e. The second kappa shape index (κ2) is 8.72. The Balaban J connectivity index is 0.00000210. The van der Waals surface area contributed by atoms with Gasteiger partial charge in [0.1, 0.15) is 18.2 Å². The number of carbonyl (C=O) groups excluding carboxylic acids is 1. The number of hydrogen-bond donors (Lipinski definition) is 1. The smallest absolute Gasteiger partial charge is 0.257 e. The van der Waals surface area contributed by atoms with E-state index < -0.39 is 0 Å². The summed E-state index contributed by atoms with van der Waals surface area (Å²) in [6, 6.07) is 14.5. The van der Waals surface area contributed by atoms with Gasteiger partial charge in [0.25, 0.3) is 5.91 Å². The van der Waals surface area contributed by atoms with E-state index in [-0.39, 0.29) is 24.1 Å². The van der Waals surface area contributed by atoms with Crippen LogP contribution in [0.2, 0.25) is 0 Å². The van der Waals surface area contributed by atoms with Crippen LogP contribution in [0.1, 0.15) is 35.2 Å². The van der Waals surface area contributed by atoms with Crippen molar-refractivity contribution >= 4 is 18.3 Å². The molecule has 0 aromatic heterocycles. The zero-order valence-corrected chi connectivity index (χ0v) is 15.9. The molecule has 2 aliphatic rings. The number of benzene rings is 2. The van der Waals surface area contributed by atoms with Crippen LogP contribution in [0.5, 0.6) is 5.75 Å². The standard InChI is InChI=1S/C21H23FN2O2.ClH/c22-16-7-5-15(6-8-16)14-26-20-4-2-1-3-19(20)21(25)24-12-11-17-9-10-18(13-24)23-17;/h1-8,17-18,23H,9-14H2;1H. The molecule has 2 saturated heterocycles. The van der Waals surface area contributed by atoms with Crippen LogP contribution < -0.4 is 10.1 Å². The molecular formula is C21H24ClFN2O2. The largest absolute Gasteiger partial charge is 0.488 e. The molecule has 0 spiro atoms. The molecule has 6 heteroatoms. The van der Waals surface area contributed by atoms with Crippen molar-refractivity contribution in [3.63, 3.8) is 0 Å². The summed E-state index contributed by atoms with van der Waals surface area (Å²) in [4.78, 5) is 15.0. The van der Waals surface area contributed by atoms with Gasteiger partial charge in [-0.25, -0.2) is 4.39 Å². The van der Waals surface area contributed by atoms with E-state index in [1.807, 2.05) is 29.2 Å². The normalized spacial score (nSPS) is 21.3. The van der Waals surface area contributed by atoms with Gasteiger partial charge in [0, 0.05) is 25.2 Å². The topological polar surface area (TPSA) is 41.6 Å². The van der Waals surface area contributed by atoms with E-state index in [2.05, 4.69) is 5.32 Å². The van der Waals surface area contributed by atoms with E-state index in [4.69, 9.17) is 4.74 Å². The van der Waals surface area contributed by atoms with Crippen molar-refractivity contribution in [1.29, 1.82) is 0 Å². The van der Waals surface area contributed by atoms with Crippen molar-refractivity contribution in [1.82, 2.24) is 10.2 Å². The van der Waals surface area contributed by atoms with Gasteiger partial charge in [0.2, 0.25) is 0 Å². The summed E-state index contributed by atoms with van der Waals surface area (Å²) in [5, 5.41) is 3.60. The molecule has 2 heterocycles. The molecule has 2 fully saturated rings. The van der Waals surface area contributed by atoms with Gasteiger partial charge >= 0.3 is 0 Å². The molecule has 4 nitrogen and oxygen atoms in total. The number of carbonyl (C=O) groups is 1. The van der Waals surface area contributed by atoms with Gasteiger partial charge in [0.15, 0.2) is 0 Å². The average Bonchev–Trinajstić information content (AvgIpc) is 3.00. The summed E-state index contributed by atoms with van der Waals surface area (Å²) in [5.41, 5.74) is 1.46. The molecule has 2 bridgehead atoms. The molecule has 2 aromatic rings. The highest BCUT2D eigenvalue weighted by Crippen LogP contribution is 2.25. The molecule has 27 heavy (non-hydrogen) atoms. The number of nitrogens with zero attached hydrogens (tertiary/aromatic N) is 1. The molecule has 0 saturated carbocycles. The lowest BCUT2D eigenvalue weighted by Gasteiger charge is -2.25. The lowest BCUT2D eigenvalue weighted by molar-refractivity contribution is 0.0743. The van der Waals surface area contributed by atoms with E-state index >= 15 is 0 Å². The van der Waals surface area contributed by atoms with Gasteiger partial charge in [0.05, 0.1) is 5.56 Å². The van der Waals surface area contributed by atoms with Crippen LogP contribution >= 0.6 is 12.4 Å². The third-order valence-corrected chi connectivity index (χ3v) is 5.24. The van der Waals surface area contributed by atoms with Crippen LogP contribution in [-0.4, -0.2) is 36.0 Å². The predicted molar refractivity (Wildman–Crippen MR) is 105 cm³/mol. The minimum atomic E-state index is -0.270. The maximum Gasteiger partial charge on any atom is 0.257 e. The maximum atomic E-state index is 13.1. The first kappa shape index (κ1) is 19.6. The highest BCUT2D eigenvalue weighted by molar-refractivity contribution is 5.97. The van der Waals surface area contributed by atoms with Gasteiger partial charge < -0.3 is 15.0 Å². The van der Waals surface area contributed by atoms with Crippen molar-refractivity contribution in [3.8, 4) is 5.75 Å². The third-order valence-electron chi connectivity index (χ3n) is 5.24. The molecule has 4 rings (SSSR count). The van der Waals surface area contributed by atoms with Crippen molar-refractivity contribution in [2.75, 3.05) is 13.1 Å². The molecule has 0 aliphatic carbocycles. The Bertz CT molecular complexity index is 784. The molecular weight excluding hydrogens is 367 g/mol. The van der Waals surface area contributed by atoms with Crippen LogP contribution in [0.4, 0.5) is 4.39 Å². The van der Waals surface area contributed by atoms with E-state index in [9.17, 15) is 9.18 Å². The number of likely N-dealkylation sites (tertiary alicyclic amines) is 1. The minimum absolute atomic E-state index is 0. The van der Waals surface area contributed by atoms with Gasteiger partial charge in [-0.05, 0) is 49.1 Å². The Labute approximate surface area is 165 Å². The third kappa shape index (κ3) is 4.60. The van der Waals surface area contributed by atoms with Crippen LogP contribution in [0, 0.1) is 5.82 Å². The van der Waals surface area contributed by atoms with E-state index in [1.54, 1.807) is 12.1 Å². The van der Waals surface area contributed by atoms with Crippen LogP contribution in [-0.2, 0) is 6.61 Å². The Kier molecular flexibility index (Phi) is 6.34. The predicted octanol–water partition coefficient (Wildman–Crippen LogP) is 3.79. The van der Waals surface area contributed by atoms with Gasteiger partial charge in [-0.3, -0.25) is 4.79 Å². The fourth-order valence-electron chi connectivity index (χ4n) is 3.81. The number of ether oxygens (including phenoxy) is 1. The second-order valence-corrected chi connectivity index (χ2v) is 7.09. The van der Waals surface area contributed by atoms with Crippen LogP contribution in [0.3, 0.4) is 0 Å². The average molecular weight is 391 g/mol. The Morgan fingerprint density at radius 2 is 1.81 bits per heavy atom. The highest BCUT2D eigenvalue weighted by Gasteiger charge is 2.32. The zero-order valence-electron chi connectivity index (χ0n) is 15.1. The van der Waals surface area contributed by atoms with E-state index in [1.165, 1.54) is 18.6 Å². The lowest BCUT2D eigenvalue weighted by atomic mass is 10.1. The first-order valence-corrected chi connectivity index (χ1v) is 9.20. The van der Waals surface area contributed by atoms with Gasteiger partial charge in [-0.2, -0.15) is 0 Å². The molecule has 0 radical (unpaired) electrons. The van der Waals surface area contributed by atoms with Crippen molar-refractivity contribution in [3.05, 3.63) is 65.5 Å². The summed E-state index contributed by atoms with van der Waals surface area (Å²) in [5.74, 6) is 0.326. The molecule has 144 valence electrons. The Morgan fingerprint density at radius 3 is 2.63 bits per heavy atom. The first-order chi connectivity index (χ1) is 12.7. The number of para-hydroxylation sites is 1. The second-order valence-electron chi connectivity index (χ2n) is 7.09. The summed E-state index contributed by atoms with van der Waals surface area (Å²) in [6.07, 6.45) is 3.35. The zero-order chi connectivity index (χ0) is 17.9. The molecule has 2 atom stereocenters.